The molecule has 0 bridgehead atoms. The SMILES string of the molecule is CCO[Si](OCC)(OCC)c1sc([Si](OCC)(OCC)OCC)c2c1OCCO2. The summed E-state index contributed by atoms with van der Waals surface area (Å²) in [6.45, 7) is 15.2. The van der Waals surface area contributed by atoms with Crippen molar-refractivity contribution in [1.82, 2.24) is 0 Å². The standard InChI is InChI=1S/C18H34O8SSi2/c1-7-21-28(22-8-2,23-9-3)17-15-16(20-14-13-19-15)18(27-17)29(24-10-4,25-11-5)26-12-6/h7-14H2,1-6H3. The number of hydrogen-bond donors (Lipinski definition) is 0. The van der Waals surface area contributed by atoms with Crippen molar-refractivity contribution in [3.63, 3.8) is 0 Å². The number of fused-ring (bicyclic) bond motifs is 1. The third-order valence-corrected chi connectivity index (χ3v) is 12.4. The van der Waals surface area contributed by atoms with Gasteiger partial charge in [-0.3, -0.25) is 0 Å². The predicted molar refractivity (Wildman–Crippen MR) is 116 cm³/mol. The van der Waals surface area contributed by atoms with Crippen molar-refractivity contribution in [3.05, 3.63) is 0 Å². The summed E-state index contributed by atoms with van der Waals surface area (Å²) in [5, 5.41) is 0. The molecule has 1 aliphatic heterocycles. The predicted octanol–water partition coefficient (Wildman–Crippen LogP) is 2.03. The molecule has 0 saturated carbocycles. The maximum Gasteiger partial charge on any atom is 0.551 e. The maximum atomic E-state index is 6.13. The van der Waals surface area contributed by atoms with Crippen LogP contribution in [0.4, 0.5) is 0 Å². The maximum absolute atomic E-state index is 6.13. The highest BCUT2D eigenvalue weighted by Crippen LogP contribution is 2.36. The van der Waals surface area contributed by atoms with Crippen molar-refractivity contribution in [2.45, 2.75) is 41.5 Å². The molecule has 1 aromatic heterocycles. The summed E-state index contributed by atoms with van der Waals surface area (Å²) >= 11 is 1.45. The molecule has 0 saturated heterocycles. The number of thiophene rings is 1. The molecule has 11 heteroatoms. The lowest BCUT2D eigenvalue weighted by molar-refractivity contribution is 0.0834. The summed E-state index contributed by atoms with van der Waals surface area (Å²) in [7, 11) is -6.42. The third-order valence-electron chi connectivity index (χ3n) is 3.96. The molecule has 0 atom stereocenters. The molecule has 0 unspecified atom stereocenters. The molecule has 0 aromatic carbocycles. The van der Waals surface area contributed by atoms with Gasteiger partial charge in [-0.2, -0.15) is 0 Å². The first-order chi connectivity index (χ1) is 14.1. The fourth-order valence-corrected chi connectivity index (χ4v) is 11.3. The monoisotopic (exact) mass is 466 g/mol. The quantitative estimate of drug-likeness (QED) is 0.386. The minimum absolute atomic E-state index is 0.442. The zero-order valence-electron chi connectivity index (χ0n) is 18.3. The minimum atomic E-state index is -3.21. The van der Waals surface area contributed by atoms with Crippen molar-refractivity contribution in [1.29, 1.82) is 0 Å². The topological polar surface area (TPSA) is 73.8 Å². The Hall–Kier alpha value is -0.506. The number of hydrogen-bond acceptors (Lipinski definition) is 9. The van der Waals surface area contributed by atoms with Gasteiger partial charge in [-0.05, 0) is 41.5 Å². The van der Waals surface area contributed by atoms with Gasteiger partial charge in [-0.15, -0.1) is 11.3 Å². The molecule has 2 rings (SSSR count). The van der Waals surface area contributed by atoms with Crippen molar-refractivity contribution in [3.8, 4) is 11.5 Å². The van der Waals surface area contributed by atoms with Crippen LogP contribution < -0.4 is 18.5 Å². The highest BCUT2D eigenvalue weighted by atomic mass is 32.1. The fraction of sp³-hybridized carbons (Fsp3) is 0.778. The van der Waals surface area contributed by atoms with Gasteiger partial charge in [0.05, 0.1) is 0 Å². The molecule has 8 nitrogen and oxygen atoms in total. The van der Waals surface area contributed by atoms with Crippen LogP contribution in [0.1, 0.15) is 41.5 Å². The Labute approximate surface area is 180 Å². The van der Waals surface area contributed by atoms with Crippen LogP contribution in [0.2, 0.25) is 0 Å². The van der Waals surface area contributed by atoms with Crippen molar-refractivity contribution in [2.24, 2.45) is 0 Å². The van der Waals surface area contributed by atoms with Gasteiger partial charge in [-0.1, -0.05) is 0 Å². The third kappa shape index (κ3) is 5.22. The van der Waals surface area contributed by atoms with E-state index in [1.807, 2.05) is 41.5 Å². The van der Waals surface area contributed by atoms with E-state index in [-0.39, 0.29) is 0 Å². The van der Waals surface area contributed by atoms with Gasteiger partial charge in [0.2, 0.25) is 0 Å². The minimum Gasteiger partial charge on any atom is -0.485 e. The van der Waals surface area contributed by atoms with Crippen LogP contribution in [-0.2, 0) is 26.6 Å². The van der Waals surface area contributed by atoms with Gasteiger partial charge in [-0.25, -0.2) is 0 Å². The summed E-state index contributed by atoms with van der Waals surface area (Å²) in [5.41, 5.74) is 0. The van der Waals surface area contributed by atoms with Crippen LogP contribution in [0.3, 0.4) is 0 Å². The zero-order chi connectivity index (χ0) is 21.3. The fourth-order valence-electron chi connectivity index (χ4n) is 3.14. The van der Waals surface area contributed by atoms with E-state index in [1.54, 1.807) is 0 Å². The van der Waals surface area contributed by atoms with Gasteiger partial charge >= 0.3 is 17.6 Å². The normalized spacial score (nSPS) is 14.4. The molecule has 1 aromatic rings. The lowest BCUT2D eigenvalue weighted by Gasteiger charge is -2.28. The zero-order valence-corrected chi connectivity index (χ0v) is 21.1. The second-order valence-electron chi connectivity index (χ2n) is 5.83. The molecule has 168 valence electrons. The molecule has 1 aliphatic rings. The lowest BCUT2D eigenvalue weighted by atomic mass is 10.5. The first-order valence-corrected chi connectivity index (χ1v) is 14.6. The second-order valence-corrected chi connectivity index (χ2v) is 12.5. The van der Waals surface area contributed by atoms with E-state index >= 15 is 0 Å². The van der Waals surface area contributed by atoms with Crippen LogP contribution >= 0.6 is 11.3 Å². The van der Waals surface area contributed by atoms with Crippen molar-refractivity contribution < 1.29 is 36.0 Å². The van der Waals surface area contributed by atoms with Crippen LogP contribution in [-0.4, -0.2) is 70.5 Å². The molecular weight excluding hydrogens is 432 g/mol. The Morgan fingerprint density at radius 1 is 0.586 bits per heavy atom. The largest absolute Gasteiger partial charge is 0.551 e. The molecule has 0 radical (unpaired) electrons. The molecule has 0 spiro atoms. The van der Waals surface area contributed by atoms with E-state index in [9.17, 15) is 0 Å². The van der Waals surface area contributed by atoms with E-state index < -0.39 is 17.6 Å². The summed E-state index contributed by atoms with van der Waals surface area (Å²) < 4.78 is 50.4. The molecule has 29 heavy (non-hydrogen) atoms. The van der Waals surface area contributed by atoms with Crippen LogP contribution in [0, 0.1) is 0 Å². The summed E-state index contributed by atoms with van der Waals surface area (Å²) in [6.07, 6.45) is 0. The van der Waals surface area contributed by atoms with Gasteiger partial charge in [0, 0.05) is 39.6 Å². The number of ether oxygens (including phenoxy) is 2. The summed E-state index contributed by atoms with van der Waals surface area (Å²) in [4.78, 5) is 0. The smallest absolute Gasteiger partial charge is 0.485 e. The summed E-state index contributed by atoms with van der Waals surface area (Å²) in [5.74, 6) is 1.21. The Bertz CT molecular complexity index is 543. The highest BCUT2D eigenvalue weighted by Gasteiger charge is 2.55. The molecular formula is C18H34O8SSi2. The van der Waals surface area contributed by atoms with Crippen molar-refractivity contribution >= 4 is 37.9 Å². The van der Waals surface area contributed by atoms with E-state index in [2.05, 4.69) is 0 Å². The van der Waals surface area contributed by atoms with E-state index in [0.717, 1.165) is 9.00 Å². The molecule has 0 fully saturated rings. The first-order valence-electron chi connectivity index (χ1n) is 10.3. The Kier molecular flexibility index (Phi) is 10.0. The summed E-state index contributed by atoms with van der Waals surface area (Å²) in [6, 6.07) is 0. The van der Waals surface area contributed by atoms with Gasteiger partial charge < -0.3 is 36.0 Å². The number of rotatable bonds is 14. The molecule has 0 N–H and O–H groups in total. The van der Waals surface area contributed by atoms with E-state index in [0.29, 0.717) is 64.4 Å². The van der Waals surface area contributed by atoms with Gasteiger partial charge in [0.15, 0.2) is 11.5 Å². The Balaban J connectivity index is 2.70. The average Bonchev–Trinajstić information content (AvgIpc) is 3.10. The highest BCUT2D eigenvalue weighted by molar-refractivity contribution is 7.33. The lowest BCUT2D eigenvalue weighted by Crippen LogP contribution is -2.58. The Morgan fingerprint density at radius 3 is 1.10 bits per heavy atom. The average molecular weight is 467 g/mol. The van der Waals surface area contributed by atoms with Gasteiger partial charge in [0.25, 0.3) is 0 Å². The van der Waals surface area contributed by atoms with Crippen molar-refractivity contribution in [2.75, 3.05) is 52.9 Å². The van der Waals surface area contributed by atoms with E-state index in [4.69, 9.17) is 36.0 Å². The van der Waals surface area contributed by atoms with E-state index in [1.165, 1.54) is 11.3 Å². The van der Waals surface area contributed by atoms with Crippen LogP contribution in [0.15, 0.2) is 0 Å². The van der Waals surface area contributed by atoms with Crippen LogP contribution in [0.25, 0.3) is 0 Å². The molecule has 2 heterocycles. The Morgan fingerprint density at radius 2 is 0.862 bits per heavy atom. The second kappa shape index (κ2) is 11.8. The first kappa shape index (κ1) is 24.8. The molecule has 0 aliphatic carbocycles. The van der Waals surface area contributed by atoms with Gasteiger partial charge in [0.1, 0.15) is 22.2 Å². The van der Waals surface area contributed by atoms with Crippen LogP contribution in [0.5, 0.6) is 11.5 Å². The molecule has 0 amide bonds.